The Kier molecular flexibility index (Phi) is 4.93. The van der Waals surface area contributed by atoms with Crippen LogP contribution < -0.4 is 4.81 Å². The smallest absolute Gasteiger partial charge is 0.331 e. The number of aromatic nitrogens is 2. The van der Waals surface area contributed by atoms with Crippen molar-refractivity contribution in [3.05, 3.63) is 12.3 Å². The summed E-state index contributed by atoms with van der Waals surface area (Å²) in [4.78, 5) is 4.76. The number of hydrogen-bond donors (Lipinski definition) is 1. The van der Waals surface area contributed by atoms with E-state index in [1.807, 2.05) is 12.3 Å². The van der Waals surface area contributed by atoms with Crippen molar-refractivity contribution in [2.45, 2.75) is 39.8 Å². The van der Waals surface area contributed by atoms with Crippen molar-refractivity contribution >= 4 is 19.8 Å². The number of nitrogens with one attached hydrogen (secondary N) is 1. The Bertz CT molecular complexity index is 372. The fourth-order valence-electron chi connectivity index (χ4n) is 2.83. The Morgan fingerprint density at radius 2 is 2.11 bits per heavy atom. The summed E-state index contributed by atoms with van der Waals surface area (Å²) in [5, 5.41) is 7.16. The van der Waals surface area contributed by atoms with Gasteiger partial charge in [-0.05, 0) is 26.1 Å². The molecule has 19 heavy (non-hydrogen) atoms. The third-order valence-corrected chi connectivity index (χ3v) is 4.24. The number of aromatic amines is 1. The van der Waals surface area contributed by atoms with Gasteiger partial charge < -0.3 is 14.3 Å². The molecule has 0 unspecified atom stereocenters. The quantitative estimate of drug-likeness (QED) is 0.648. The Morgan fingerprint density at radius 1 is 1.32 bits per heavy atom. The van der Waals surface area contributed by atoms with Gasteiger partial charge in [-0.25, -0.2) is 0 Å². The molecule has 0 spiro atoms. The molecule has 1 aromatic rings. The maximum absolute atomic E-state index is 4.07. The van der Waals surface area contributed by atoms with E-state index in [0.29, 0.717) is 14.0 Å². The fraction of sp³-hybridized carbons (Fsp3) is 0.750. The van der Waals surface area contributed by atoms with Crippen LogP contribution in [0.2, 0.25) is 13.6 Å². The van der Waals surface area contributed by atoms with Crippen molar-refractivity contribution in [1.29, 1.82) is 0 Å². The molecule has 0 atom stereocenters. The molecule has 1 aliphatic heterocycles. The Morgan fingerprint density at radius 3 is 2.74 bits per heavy atom. The molecule has 0 bridgehead atoms. The molecule has 7 heteroatoms. The first-order valence-corrected chi connectivity index (χ1v) is 7.37. The van der Waals surface area contributed by atoms with Gasteiger partial charge in [-0.1, -0.05) is 33.4 Å². The van der Waals surface area contributed by atoms with Gasteiger partial charge in [0.2, 0.25) is 0 Å². The van der Waals surface area contributed by atoms with Gasteiger partial charge in [0.05, 0.1) is 12.9 Å². The molecule has 1 aliphatic rings. The van der Waals surface area contributed by atoms with Gasteiger partial charge in [0.1, 0.15) is 5.82 Å². The first kappa shape index (κ1) is 14.5. The highest BCUT2D eigenvalue weighted by Gasteiger charge is 2.39. The Hall–Kier alpha value is -0.940. The molecule has 0 amide bonds. The minimum atomic E-state index is 0.406. The highest BCUT2D eigenvalue weighted by Crippen LogP contribution is 2.20. The molecule has 1 aromatic heterocycles. The number of hydrogen-bond acceptors (Lipinski definition) is 4. The van der Waals surface area contributed by atoms with Crippen molar-refractivity contribution in [2.24, 2.45) is 0 Å². The predicted molar refractivity (Wildman–Crippen MR) is 83.2 cm³/mol. The number of anilines is 1. The van der Waals surface area contributed by atoms with Crippen LogP contribution in [0.25, 0.3) is 0 Å². The van der Waals surface area contributed by atoms with Crippen molar-refractivity contribution in [3.63, 3.8) is 0 Å². The number of unbranched alkanes of at least 4 members (excludes halogenated alkanes) is 2. The highest BCUT2D eigenvalue weighted by atomic mass is 15.4. The van der Waals surface area contributed by atoms with E-state index in [9.17, 15) is 0 Å². The van der Waals surface area contributed by atoms with Gasteiger partial charge in [-0.15, -0.1) is 0 Å². The third kappa shape index (κ3) is 3.15. The van der Waals surface area contributed by atoms with E-state index in [1.54, 1.807) is 0 Å². The van der Waals surface area contributed by atoms with Gasteiger partial charge >= 0.3 is 6.98 Å². The van der Waals surface area contributed by atoms with Crippen molar-refractivity contribution in [1.82, 2.24) is 19.7 Å². The summed E-state index contributed by atoms with van der Waals surface area (Å²) in [6, 6.07) is 2.05. The second kappa shape index (κ2) is 6.48. The number of nitrogens with zero attached hydrogens (tertiary/aromatic N) is 4. The fourth-order valence-corrected chi connectivity index (χ4v) is 2.83. The van der Waals surface area contributed by atoms with Crippen LogP contribution in [0.4, 0.5) is 5.82 Å². The largest absolute Gasteiger partial charge is 0.375 e. The molecule has 1 N–H and O–H groups in total. The molecule has 0 aliphatic carbocycles. The lowest BCUT2D eigenvalue weighted by Crippen LogP contribution is -2.69. The minimum Gasteiger partial charge on any atom is -0.375 e. The first-order chi connectivity index (χ1) is 9.15. The summed E-state index contributed by atoms with van der Waals surface area (Å²) >= 11 is 0. The molecular formula is C12H25B2N5. The van der Waals surface area contributed by atoms with Gasteiger partial charge in [0.15, 0.2) is 0 Å². The monoisotopic (exact) mass is 261 g/mol. The Labute approximate surface area is 117 Å². The second-order valence-electron chi connectivity index (χ2n) is 5.52. The Balaban J connectivity index is 2.07. The maximum atomic E-state index is 4.07. The zero-order valence-electron chi connectivity index (χ0n) is 12.6. The lowest BCUT2D eigenvalue weighted by molar-refractivity contribution is 0.433. The summed E-state index contributed by atoms with van der Waals surface area (Å²) in [5.74, 6) is 1.10. The molecule has 104 valence electrons. The first-order valence-electron chi connectivity index (χ1n) is 7.37. The zero-order valence-corrected chi connectivity index (χ0v) is 12.6. The summed E-state index contributed by atoms with van der Waals surface area (Å²) in [7, 11) is 2.19. The SMILES string of the molecule is CCCCCN1B(C)N(C)CN(c2ccn[nH]2)B1C. The summed E-state index contributed by atoms with van der Waals surface area (Å²) < 4.78 is 2.57. The molecule has 0 aromatic carbocycles. The van der Waals surface area contributed by atoms with E-state index >= 15 is 0 Å². The van der Waals surface area contributed by atoms with Crippen LogP contribution in [0.1, 0.15) is 26.2 Å². The van der Waals surface area contributed by atoms with E-state index in [2.05, 4.69) is 52.2 Å². The van der Waals surface area contributed by atoms with Gasteiger partial charge in [0.25, 0.3) is 6.98 Å². The second-order valence-corrected chi connectivity index (χ2v) is 5.52. The third-order valence-electron chi connectivity index (χ3n) is 4.24. The van der Waals surface area contributed by atoms with Crippen molar-refractivity contribution < 1.29 is 0 Å². The summed E-state index contributed by atoms with van der Waals surface area (Å²) in [6.45, 7) is 9.84. The molecule has 5 nitrogen and oxygen atoms in total. The molecule has 0 radical (unpaired) electrons. The standard InChI is InChI=1S/C12H25B2N5/c1-5-6-7-10-19-13(2)17(4)11-18(14(19)3)12-8-9-15-16-12/h8-9H,5-7,10-11H2,1-4H3,(H,15,16). The van der Waals surface area contributed by atoms with Crippen LogP contribution in [-0.4, -0.2) is 54.0 Å². The summed E-state index contributed by atoms with van der Waals surface area (Å²) in [5.41, 5.74) is 0. The van der Waals surface area contributed by atoms with Crippen molar-refractivity contribution in [3.8, 4) is 0 Å². The van der Waals surface area contributed by atoms with Crippen LogP contribution in [0.5, 0.6) is 0 Å². The maximum Gasteiger partial charge on any atom is 0.331 e. The van der Waals surface area contributed by atoms with Crippen LogP contribution >= 0.6 is 0 Å². The van der Waals surface area contributed by atoms with Crippen LogP contribution in [0.3, 0.4) is 0 Å². The molecular weight excluding hydrogens is 236 g/mol. The summed E-state index contributed by atoms with van der Waals surface area (Å²) in [6.07, 6.45) is 5.68. The predicted octanol–water partition coefficient (Wildman–Crippen LogP) is 1.85. The highest BCUT2D eigenvalue weighted by molar-refractivity contribution is 6.73. The van der Waals surface area contributed by atoms with E-state index < -0.39 is 0 Å². The minimum absolute atomic E-state index is 0.406. The van der Waals surface area contributed by atoms with Crippen LogP contribution in [0.15, 0.2) is 12.3 Å². The number of H-pyrrole nitrogens is 1. The topological polar surface area (TPSA) is 38.4 Å². The number of rotatable bonds is 5. The zero-order chi connectivity index (χ0) is 13.8. The molecule has 2 rings (SSSR count). The average molecular weight is 261 g/mol. The van der Waals surface area contributed by atoms with E-state index in [-0.39, 0.29) is 0 Å². The van der Waals surface area contributed by atoms with Crippen LogP contribution in [-0.2, 0) is 0 Å². The van der Waals surface area contributed by atoms with E-state index in [1.165, 1.54) is 19.3 Å². The lowest BCUT2D eigenvalue weighted by atomic mass is 9.57. The molecule has 1 saturated heterocycles. The molecule has 1 fully saturated rings. The normalized spacial score (nSPS) is 18.4. The molecule has 2 heterocycles. The van der Waals surface area contributed by atoms with Gasteiger partial charge in [-0.3, -0.25) is 5.10 Å². The van der Waals surface area contributed by atoms with E-state index in [4.69, 9.17) is 0 Å². The van der Waals surface area contributed by atoms with Gasteiger partial charge in [-0.2, -0.15) is 5.10 Å². The lowest BCUT2D eigenvalue weighted by Gasteiger charge is -2.48. The molecule has 0 saturated carbocycles. The van der Waals surface area contributed by atoms with Crippen LogP contribution in [0, 0.1) is 0 Å². The average Bonchev–Trinajstić information content (AvgIpc) is 2.92. The van der Waals surface area contributed by atoms with E-state index in [0.717, 1.165) is 19.0 Å². The van der Waals surface area contributed by atoms with Crippen molar-refractivity contribution in [2.75, 3.05) is 25.1 Å². The van der Waals surface area contributed by atoms with Gasteiger partial charge in [0, 0.05) is 0 Å².